The van der Waals surface area contributed by atoms with Gasteiger partial charge in [-0.15, -0.1) is 0 Å². The first-order chi connectivity index (χ1) is 11.5. The van der Waals surface area contributed by atoms with Gasteiger partial charge in [0.05, 0.1) is 11.4 Å². The highest BCUT2D eigenvalue weighted by Crippen LogP contribution is 2.33. The Balaban J connectivity index is 1.79. The van der Waals surface area contributed by atoms with Crippen molar-refractivity contribution in [3.8, 4) is 5.75 Å². The number of fused-ring (bicyclic) bond motifs is 1. The van der Waals surface area contributed by atoms with E-state index in [9.17, 15) is 14.0 Å². The highest BCUT2D eigenvalue weighted by atomic mass is 19.1. The van der Waals surface area contributed by atoms with Crippen LogP contribution in [0.1, 0.15) is 12.5 Å². The van der Waals surface area contributed by atoms with Crippen LogP contribution in [0.5, 0.6) is 5.75 Å². The van der Waals surface area contributed by atoms with Crippen molar-refractivity contribution in [2.45, 2.75) is 20.0 Å². The number of nitrogens with one attached hydrogen (secondary N) is 1. The van der Waals surface area contributed by atoms with Crippen LogP contribution in [0.2, 0.25) is 0 Å². The zero-order valence-electron chi connectivity index (χ0n) is 13.4. The average molecular weight is 328 g/mol. The number of amides is 2. The Labute approximate surface area is 139 Å². The quantitative estimate of drug-likeness (QED) is 0.942. The third-order valence-electron chi connectivity index (χ3n) is 3.77. The van der Waals surface area contributed by atoms with E-state index in [1.54, 1.807) is 44.2 Å². The first-order valence-corrected chi connectivity index (χ1v) is 7.59. The summed E-state index contributed by atoms with van der Waals surface area (Å²) in [5.41, 5.74) is 1.38. The van der Waals surface area contributed by atoms with Gasteiger partial charge in [-0.3, -0.25) is 14.5 Å². The monoisotopic (exact) mass is 328 g/mol. The summed E-state index contributed by atoms with van der Waals surface area (Å²) in [5, 5.41) is 2.50. The molecule has 1 N–H and O–H groups in total. The number of nitrogens with zero attached hydrogens (tertiary/aromatic N) is 1. The Morgan fingerprint density at radius 1 is 1.29 bits per heavy atom. The van der Waals surface area contributed by atoms with Gasteiger partial charge in [-0.1, -0.05) is 18.2 Å². The SMILES string of the molecule is Cc1ccc(NC(=O)CN2C(=O)C(C)Oc3ccccc32)c(F)c1. The van der Waals surface area contributed by atoms with Crippen molar-refractivity contribution < 1.29 is 18.7 Å². The van der Waals surface area contributed by atoms with Crippen LogP contribution in [-0.2, 0) is 9.59 Å². The van der Waals surface area contributed by atoms with Gasteiger partial charge in [0, 0.05) is 0 Å². The summed E-state index contributed by atoms with van der Waals surface area (Å²) in [5.74, 6) is -0.757. The predicted molar refractivity (Wildman–Crippen MR) is 88.7 cm³/mol. The number of rotatable bonds is 3. The minimum Gasteiger partial charge on any atom is -0.479 e. The second-order valence-electron chi connectivity index (χ2n) is 5.68. The fourth-order valence-corrected chi connectivity index (χ4v) is 2.58. The standard InChI is InChI=1S/C18H17FN2O3/c1-11-7-8-14(13(19)9-11)20-17(22)10-21-15-5-3-4-6-16(15)24-12(2)18(21)23/h3-9,12H,10H2,1-2H3,(H,20,22). The van der Waals surface area contributed by atoms with E-state index in [2.05, 4.69) is 5.32 Å². The minimum atomic E-state index is -0.677. The van der Waals surface area contributed by atoms with E-state index in [-0.39, 0.29) is 18.1 Å². The molecule has 1 atom stereocenters. The topological polar surface area (TPSA) is 58.6 Å². The molecule has 1 heterocycles. The molecule has 1 unspecified atom stereocenters. The van der Waals surface area contributed by atoms with Crippen molar-refractivity contribution in [1.82, 2.24) is 0 Å². The van der Waals surface area contributed by atoms with Crippen LogP contribution in [0.3, 0.4) is 0 Å². The summed E-state index contributed by atoms with van der Waals surface area (Å²) in [6.07, 6.45) is -0.677. The molecule has 3 rings (SSSR count). The zero-order chi connectivity index (χ0) is 17.3. The molecule has 0 fully saturated rings. The van der Waals surface area contributed by atoms with E-state index in [0.717, 1.165) is 5.56 Å². The van der Waals surface area contributed by atoms with Crippen molar-refractivity contribution in [2.75, 3.05) is 16.8 Å². The molecule has 1 aliphatic rings. The number of anilines is 2. The number of hydrogen-bond acceptors (Lipinski definition) is 3. The van der Waals surface area contributed by atoms with Gasteiger partial charge >= 0.3 is 0 Å². The number of ether oxygens (including phenoxy) is 1. The van der Waals surface area contributed by atoms with Gasteiger partial charge in [0.15, 0.2) is 6.10 Å². The van der Waals surface area contributed by atoms with Crippen molar-refractivity contribution in [2.24, 2.45) is 0 Å². The van der Waals surface area contributed by atoms with E-state index in [1.165, 1.54) is 17.0 Å². The van der Waals surface area contributed by atoms with Gasteiger partial charge in [-0.05, 0) is 43.7 Å². The molecule has 0 aliphatic carbocycles. The highest BCUT2D eigenvalue weighted by molar-refractivity contribution is 6.06. The summed E-state index contributed by atoms with van der Waals surface area (Å²) in [6.45, 7) is 3.18. The molecule has 2 amide bonds. The summed E-state index contributed by atoms with van der Waals surface area (Å²) in [6, 6.07) is 11.5. The average Bonchev–Trinajstić information content (AvgIpc) is 2.54. The van der Waals surface area contributed by atoms with Crippen molar-refractivity contribution >= 4 is 23.2 Å². The Morgan fingerprint density at radius 3 is 2.79 bits per heavy atom. The molecular weight excluding hydrogens is 311 g/mol. The van der Waals surface area contributed by atoms with E-state index < -0.39 is 17.8 Å². The van der Waals surface area contributed by atoms with Crippen molar-refractivity contribution in [3.63, 3.8) is 0 Å². The van der Waals surface area contributed by atoms with E-state index >= 15 is 0 Å². The first kappa shape index (κ1) is 16.0. The Morgan fingerprint density at radius 2 is 2.04 bits per heavy atom. The van der Waals surface area contributed by atoms with Crippen LogP contribution >= 0.6 is 0 Å². The number of para-hydroxylation sites is 2. The molecule has 0 aromatic heterocycles. The lowest BCUT2D eigenvalue weighted by atomic mass is 10.2. The largest absolute Gasteiger partial charge is 0.479 e. The lowest BCUT2D eigenvalue weighted by molar-refractivity contribution is -0.127. The molecule has 0 saturated carbocycles. The van der Waals surface area contributed by atoms with Crippen molar-refractivity contribution in [3.05, 3.63) is 53.8 Å². The third kappa shape index (κ3) is 3.08. The van der Waals surface area contributed by atoms with Crippen molar-refractivity contribution in [1.29, 1.82) is 0 Å². The lowest BCUT2D eigenvalue weighted by Crippen LogP contribution is -2.47. The molecule has 2 aromatic rings. The fourth-order valence-electron chi connectivity index (χ4n) is 2.58. The maximum absolute atomic E-state index is 13.9. The van der Waals surface area contributed by atoms with Gasteiger partial charge in [-0.2, -0.15) is 0 Å². The second-order valence-corrected chi connectivity index (χ2v) is 5.68. The van der Waals surface area contributed by atoms with E-state index in [0.29, 0.717) is 11.4 Å². The number of benzene rings is 2. The van der Waals surface area contributed by atoms with Crippen LogP contribution in [-0.4, -0.2) is 24.5 Å². The summed E-state index contributed by atoms with van der Waals surface area (Å²) in [4.78, 5) is 26.0. The summed E-state index contributed by atoms with van der Waals surface area (Å²) >= 11 is 0. The van der Waals surface area contributed by atoms with Crippen LogP contribution in [0, 0.1) is 12.7 Å². The van der Waals surface area contributed by atoms with Gasteiger partial charge < -0.3 is 10.1 Å². The molecule has 124 valence electrons. The second kappa shape index (κ2) is 6.31. The smallest absolute Gasteiger partial charge is 0.268 e. The molecule has 6 heteroatoms. The summed E-state index contributed by atoms with van der Waals surface area (Å²) < 4.78 is 19.4. The number of halogens is 1. The molecule has 2 aromatic carbocycles. The Hall–Kier alpha value is -2.89. The van der Waals surface area contributed by atoms with Crippen LogP contribution in [0.4, 0.5) is 15.8 Å². The predicted octanol–water partition coefficient (Wildman–Crippen LogP) is 2.89. The molecule has 0 saturated heterocycles. The van der Waals surface area contributed by atoms with E-state index in [1.807, 2.05) is 0 Å². The van der Waals surface area contributed by atoms with Crippen LogP contribution in [0.25, 0.3) is 0 Å². The number of carbonyl (C=O) groups excluding carboxylic acids is 2. The van der Waals surface area contributed by atoms with Crippen LogP contribution < -0.4 is 15.0 Å². The van der Waals surface area contributed by atoms with Gasteiger partial charge in [-0.25, -0.2) is 4.39 Å². The molecule has 5 nitrogen and oxygen atoms in total. The summed E-state index contributed by atoms with van der Waals surface area (Å²) in [7, 11) is 0. The molecule has 0 bridgehead atoms. The minimum absolute atomic E-state index is 0.0904. The van der Waals surface area contributed by atoms with Gasteiger partial charge in [0.1, 0.15) is 18.1 Å². The molecule has 0 spiro atoms. The number of carbonyl (C=O) groups is 2. The lowest BCUT2D eigenvalue weighted by Gasteiger charge is -2.32. The normalized spacial score (nSPS) is 16.4. The number of hydrogen-bond donors (Lipinski definition) is 1. The first-order valence-electron chi connectivity index (χ1n) is 7.59. The molecule has 0 radical (unpaired) electrons. The zero-order valence-corrected chi connectivity index (χ0v) is 13.4. The molecule has 1 aliphatic heterocycles. The van der Waals surface area contributed by atoms with E-state index in [4.69, 9.17) is 4.74 Å². The van der Waals surface area contributed by atoms with Crippen LogP contribution in [0.15, 0.2) is 42.5 Å². The maximum atomic E-state index is 13.9. The fraction of sp³-hybridized carbons (Fsp3) is 0.222. The van der Waals surface area contributed by atoms with Gasteiger partial charge in [0.25, 0.3) is 5.91 Å². The van der Waals surface area contributed by atoms with Gasteiger partial charge in [0.2, 0.25) is 5.91 Å². The Bertz CT molecular complexity index is 807. The number of aryl methyl sites for hydroxylation is 1. The molecule has 24 heavy (non-hydrogen) atoms. The maximum Gasteiger partial charge on any atom is 0.268 e. The highest BCUT2D eigenvalue weighted by Gasteiger charge is 2.32. The Kier molecular flexibility index (Phi) is 4.20. The molecular formula is C18H17FN2O3. The third-order valence-corrected chi connectivity index (χ3v) is 3.77.